The molecule has 0 N–H and O–H groups in total. The number of benzene rings is 2. The van der Waals surface area contributed by atoms with Crippen molar-refractivity contribution in [3.8, 4) is 22.7 Å². The van der Waals surface area contributed by atoms with Crippen LogP contribution in [-0.2, 0) is 0 Å². The summed E-state index contributed by atoms with van der Waals surface area (Å²) >= 11 is 2.29. The van der Waals surface area contributed by atoms with Crippen molar-refractivity contribution in [2.45, 2.75) is 0 Å². The van der Waals surface area contributed by atoms with Crippen molar-refractivity contribution in [3.63, 3.8) is 0 Å². The van der Waals surface area contributed by atoms with Gasteiger partial charge in [0.25, 0.3) is 0 Å². The zero-order chi connectivity index (χ0) is 15.6. The lowest BCUT2D eigenvalue weighted by Gasteiger charge is -2.13. The van der Waals surface area contributed by atoms with E-state index < -0.39 is 0 Å². The van der Waals surface area contributed by atoms with Gasteiger partial charge in [-0.25, -0.2) is 4.68 Å². The fraction of sp³-hybridized carbons (Fsp3) is 0. The van der Waals surface area contributed by atoms with Gasteiger partial charge in [-0.05, 0) is 24.3 Å². The molecule has 0 aliphatic heterocycles. The molecule has 0 aliphatic carbocycles. The Balaban J connectivity index is 2.07. The SMILES string of the molecule is [Al][O]c1ccccc1-n1nc2cccnc2c1-c1ccccc1. The third kappa shape index (κ3) is 2.40. The van der Waals surface area contributed by atoms with Crippen LogP contribution in [0.15, 0.2) is 72.9 Å². The topological polar surface area (TPSA) is 39.9 Å². The lowest BCUT2D eigenvalue weighted by molar-refractivity contribution is 0.607. The van der Waals surface area contributed by atoms with Crippen molar-refractivity contribution in [1.82, 2.24) is 14.8 Å². The molecule has 0 bridgehead atoms. The lowest BCUT2D eigenvalue weighted by atomic mass is 10.1. The van der Waals surface area contributed by atoms with Crippen LogP contribution in [0.3, 0.4) is 0 Å². The minimum absolute atomic E-state index is 0.738. The van der Waals surface area contributed by atoms with Crippen molar-refractivity contribution in [1.29, 1.82) is 0 Å². The normalized spacial score (nSPS) is 10.8. The molecule has 2 heterocycles. The molecule has 0 saturated carbocycles. The number of aromatic nitrogens is 3. The summed E-state index contributed by atoms with van der Waals surface area (Å²) in [7, 11) is 0. The minimum Gasteiger partial charge on any atom is -0.652 e. The highest BCUT2D eigenvalue weighted by atomic mass is 27.1. The Morgan fingerprint density at radius 3 is 2.48 bits per heavy atom. The second-order valence-corrected chi connectivity index (χ2v) is 5.32. The van der Waals surface area contributed by atoms with E-state index in [0.29, 0.717) is 0 Å². The van der Waals surface area contributed by atoms with Gasteiger partial charge in [0.05, 0.1) is 0 Å². The molecule has 2 aromatic heterocycles. The summed E-state index contributed by atoms with van der Waals surface area (Å²) in [5.41, 5.74) is 4.62. The number of hydrogen-bond acceptors (Lipinski definition) is 3. The standard InChI is InChI=1S/C18H13N3O.Al/c22-16-11-5-4-10-15(16)21-18(13-7-2-1-3-8-13)17-14(20-21)9-6-12-19-17;/h1-12,22H;/q;+1/p-1. The van der Waals surface area contributed by atoms with Crippen LogP contribution in [0.1, 0.15) is 0 Å². The van der Waals surface area contributed by atoms with Crippen LogP contribution in [0.5, 0.6) is 5.75 Å². The van der Waals surface area contributed by atoms with E-state index in [9.17, 15) is 0 Å². The van der Waals surface area contributed by atoms with Crippen LogP contribution in [0.25, 0.3) is 28.0 Å². The van der Waals surface area contributed by atoms with Crippen molar-refractivity contribution in [2.75, 3.05) is 0 Å². The van der Waals surface area contributed by atoms with Crippen LogP contribution in [0, 0.1) is 0 Å². The van der Waals surface area contributed by atoms with E-state index in [1.807, 2.05) is 59.3 Å². The Labute approximate surface area is 142 Å². The van der Waals surface area contributed by atoms with Gasteiger partial charge in [-0.2, -0.15) is 5.10 Å². The summed E-state index contributed by atoms with van der Waals surface area (Å²) < 4.78 is 7.32. The van der Waals surface area contributed by atoms with Crippen LogP contribution in [0.4, 0.5) is 0 Å². The Kier molecular flexibility index (Phi) is 3.58. The van der Waals surface area contributed by atoms with E-state index in [1.54, 1.807) is 6.20 Å². The minimum atomic E-state index is 0.738. The molecule has 0 atom stereocenters. The number of pyridine rings is 1. The number of nitrogens with zero attached hydrogens (tertiary/aromatic N) is 3. The van der Waals surface area contributed by atoms with Gasteiger partial charge in [0.15, 0.2) is 0 Å². The predicted molar refractivity (Wildman–Crippen MR) is 90.7 cm³/mol. The van der Waals surface area contributed by atoms with Crippen molar-refractivity contribution in [2.24, 2.45) is 0 Å². The summed E-state index contributed by atoms with van der Waals surface area (Å²) in [5, 5.41) is 4.73. The van der Waals surface area contributed by atoms with Crippen LogP contribution < -0.4 is 3.79 Å². The molecule has 0 fully saturated rings. The first-order chi connectivity index (χ1) is 11.4. The van der Waals surface area contributed by atoms with Gasteiger partial charge in [0, 0.05) is 11.8 Å². The van der Waals surface area contributed by atoms with Crippen molar-refractivity contribution >= 4 is 27.7 Å². The van der Waals surface area contributed by atoms with E-state index in [1.165, 1.54) is 0 Å². The maximum Gasteiger partial charge on any atom is 0.482 e. The van der Waals surface area contributed by atoms with Crippen LogP contribution in [-0.4, -0.2) is 31.4 Å². The molecule has 23 heavy (non-hydrogen) atoms. The monoisotopic (exact) mass is 313 g/mol. The van der Waals surface area contributed by atoms with E-state index in [4.69, 9.17) is 8.89 Å². The van der Waals surface area contributed by atoms with Crippen molar-refractivity contribution < 1.29 is 3.79 Å². The molecule has 108 valence electrons. The first kappa shape index (κ1) is 14.0. The third-order valence-electron chi connectivity index (χ3n) is 3.70. The highest BCUT2D eigenvalue weighted by Crippen LogP contribution is 2.32. The highest BCUT2D eigenvalue weighted by Gasteiger charge is 2.17. The highest BCUT2D eigenvalue weighted by molar-refractivity contribution is 6.00. The Morgan fingerprint density at radius 2 is 1.65 bits per heavy atom. The Morgan fingerprint density at radius 1 is 0.870 bits per heavy atom. The van der Waals surface area contributed by atoms with Gasteiger partial charge in [0.2, 0.25) is 0 Å². The van der Waals surface area contributed by atoms with Crippen molar-refractivity contribution in [3.05, 3.63) is 72.9 Å². The van der Waals surface area contributed by atoms with E-state index in [2.05, 4.69) is 33.7 Å². The van der Waals surface area contributed by atoms with E-state index in [-0.39, 0.29) is 0 Å². The molecule has 2 aromatic carbocycles. The van der Waals surface area contributed by atoms with E-state index >= 15 is 0 Å². The molecule has 4 aromatic rings. The predicted octanol–water partition coefficient (Wildman–Crippen LogP) is 3.55. The largest absolute Gasteiger partial charge is 0.652 e. The van der Waals surface area contributed by atoms with Crippen LogP contribution >= 0.6 is 0 Å². The first-order valence-corrected chi connectivity index (χ1v) is 7.71. The molecule has 0 aliphatic rings. The fourth-order valence-corrected chi connectivity index (χ4v) is 2.88. The summed E-state index contributed by atoms with van der Waals surface area (Å²) in [6.45, 7) is 0. The molecular formula is C18H12AlN3O. The quantitative estimate of drug-likeness (QED) is 0.543. The molecule has 0 unspecified atom stereocenters. The maximum absolute atomic E-state index is 5.42. The number of fused-ring (bicyclic) bond motifs is 1. The summed E-state index contributed by atoms with van der Waals surface area (Å²) in [4.78, 5) is 4.53. The molecule has 5 heteroatoms. The Hall–Kier alpha value is -2.61. The van der Waals surface area contributed by atoms with Gasteiger partial charge in [-0.1, -0.05) is 42.5 Å². The number of para-hydroxylation sites is 2. The van der Waals surface area contributed by atoms with Gasteiger partial charge >= 0.3 is 16.6 Å². The molecule has 0 saturated heterocycles. The fourth-order valence-electron chi connectivity index (χ4n) is 2.68. The van der Waals surface area contributed by atoms with Gasteiger partial charge in [-0.3, -0.25) is 4.98 Å². The van der Waals surface area contributed by atoms with Gasteiger partial charge in [-0.15, -0.1) is 0 Å². The average molecular weight is 313 g/mol. The van der Waals surface area contributed by atoms with E-state index in [0.717, 1.165) is 33.7 Å². The zero-order valence-electron chi connectivity index (χ0n) is 12.3. The maximum atomic E-state index is 5.42. The molecule has 0 spiro atoms. The summed E-state index contributed by atoms with van der Waals surface area (Å²) in [5.74, 6) is 0.738. The number of hydrogen-bond donors (Lipinski definition) is 0. The molecule has 0 amide bonds. The molecular weight excluding hydrogens is 301 g/mol. The van der Waals surface area contributed by atoms with Gasteiger partial charge in [0.1, 0.15) is 28.2 Å². The number of rotatable bonds is 3. The zero-order valence-corrected chi connectivity index (χ0v) is 13.4. The molecule has 4 nitrogen and oxygen atoms in total. The third-order valence-corrected chi connectivity index (χ3v) is 3.95. The van der Waals surface area contributed by atoms with Gasteiger partial charge < -0.3 is 3.79 Å². The smallest absolute Gasteiger partial charge is 0.482 e. The summed E-state index contributed by atoms with van der Waals surface area (Å²) in [6.07, 6.45) is 1.79. The van der Waals surface area contributed by atoms with Crippen LogP contribution in [0.2, 0.25) is 0 Å². The molecule has 4 rings (SSSR count). The summed E-state index contributed by atoms with van der Waals surface area (Å²) in [6, 6.07) is 21.8. The Bertz CT molecular complexity index is 966. The second-order valence-electron chi connectivity index (χ2n) is 5.08. The second kappa shape index (κ2) is 5.88. The average Bonchev–Trinajstić information content (AvgIpc) is 3.01. The first-order valence-electron chi connectivity index (χ1n) is 7.24. The molecule has 2 radical (unpaired) electrons. The lowest BCUT2D eigenvalue weighted by Crippen LogP contribution is -2.02.